The summed E-state index contributed by atoms with van der Waals surface area (Å²) in [6, 6.07) is 7.30. The molecule has 2 aromatic carbocycles. The monoisotopic (exact) mass is 374 g/mol. The minimum absolute atomic E-state index is 0.0000966. The van der Waals surface area contributed by atoms with Crippen molar-refractivity contribution in [1.29, 1.82) is 0 Å². The van der Waals surface area contributed by atoms with E-state index in [0.29, 0.717) is 23.0 Å². The molecule has 0 radical (unpaired) electrons. The number of ether oxygens (including phenoxy) is 1. The number of rotatable bonds is 6. The second kappa shape index (κ2) is 7.29. The second-order valence-electron chi connectivity index (χ2n) is 5.73. The predicted octanol–water partition coefficient (Wildman–Crippen LogP) is 3.56. The van der Waals surface area contributed by atoms with Crippen LogP contribution in [-0.2, 0) is 10.8 Å². The van der Waals surface area contributed by atoms with E-state index < -0.39 is 16.8 Å². The molecular formula is C19H18O6S. The molecule has 0 saturated heterocycles. The first-order valence-electron chi connectivity index (χ1n) is 8.25. The molecular weight excluding hydrogens is 356 g/mol. The maximum Gasteiger partial charge on any atom is 0.335 e. The lowest BCUT2D eigenvalue weighted by molar-refractivity contribution is 0.0697. The van der Waals surface area contributed by atoms with Crippen molar-refractivity contribution in [2.75, 3.05) is 12.4 Å². The summed E-state index contributed by atoms with van der Waals surface area (Å²) in [5, 5.41) is 9.54. The zero-order valence-electron chi connectivity index (χ0n) is 14.4. The number of carboxylic acid groups (broad SMARTS) is 1. The molecule has 0 amide bonds. The van der Waals surface area contributed by atoms with Gasteiger partial charge in [0.15, 0.2) is 11.3 Å². The molecule has 1 aromatic heterocycles. The van der Waals surface area contributed by atoms with E-state index in [0.717, 1.165) is 6.42 Å². The van der Waals surface area contributed by atoms with E-state index in [1.165, 1.54) is 24.3 Å². The lowest BCUT2D eigenvalue weighted by Gasteiger charge is -2.11. The minimum atomic E-state index is -1.27. The lowest BCUT2D eigenvalue weighted by Crippen LogP contribution is -2.07. The van der Waals surface area contributed by atoms with Crippen LogP contribution in [0.5, 0.6) is 5.75 Å². The maximum absolute atomic E-state index is 12.9. The van der Waals surface area contributed by atoms with Gasteiger partial charge in [0.2, 0.25) is 5.43 Å². The van der Waals surface area contributed by atoms with Gasteiger partial charge < -0.3 is 14.3 Å². The maximum atomic E-state index is 12.9. The quantitative estimate of drug-likeness (QED) is 0.663. The molecule has 3 aromatic rings. The van der Waals surface area contributed by atoms with Crippen LogP contribution in [0.2, 0.25) is 0 Å². The summed E-state index contributed by atoms with van der Waals surface area (Å²) in [4.78, 5) is 24.6. The van der Waals surface area contributed by atoms with E-state index in [1.807, 2.05) is 6.92 Å². The molecule has 0 saturated carbocycles. The Balaban J connectivity index is 2.37. The van der Waals surface area contributed by atoms with Gasteiger partial charge in [-0.25, -0.2) is 4.79 Å². The third-order valence-electron chi connectivity index (χ3n) is 3.94. The van der Waals surface area contributed by atoms with E-state index in [4.69, 9.17) is 14.3 Å². The van der Waals surface area contributed by atoms with Gasteiger partial charge >= 0.3 is 5.97 Å². The zero-order valence-corrected chi connectivity index (χ0v) is 15.2. The molecule has 7 heteroatoms. The van der Waals surface area contributed by atoms with Gasteiger partial charge in [0.25, 0.3) is 0 Å². The zero-order chi connectivity index (χ0) is 18.8. The summed E-state index contributed by atoms with van der Waals surface area (Å²) < 4.78 is 23.8. The third-order valence-corrected chi connectivity index (χ3v) is 5.23. The van der Waals surface area contributed by atoms with Gasteiger partial charge in [0.1, 0.15) is 5.58 Å². The molecule has 1 N–H and O–H groups in total. The Morgan fingerprint density at radius 3 is 2.62 bits per heavy atom. The summed E-state index contributed by atoms with van der Waals surface area (Å²) in [7, 11) is -1.27. The van der Waals surface area contributed by atoms with Crippen molar-refractivity contribution in [3.8, 4) is 5.75 Å². The summed E-state index contributed by atoms with van der Waals surface area (Å²) in [5.74, 6) is -0.359. The molecule has 0 fully saturated rings. The fourth-order valence-corrected chi connectivity index (χ4v) is 3.47. The summed E-state index contributed by atoms with van der Waals surface area (Å²) in [6.45, 7) is 4.17. The Kier molecular flexibility index (Phi) is 5.08. The molecule has 0 aliphatic carbocycles. The van der Waals surface area contributed by atoms with Gasteiger partial charge in [0, 0.05) is 16.7 Å². The molecule has 0 aliphatic rings. The number of carboxylic acids is 1. The van der Waals surface area contributed by atoms with Gasteiger partial charge in [-0.05, 0) is 30.7 Å². The lowest BCUT2D eigenvalue weighted by atomic mass is 10.1. The average molecular weight is 374 g/mol. The van der Waals surface area contributed by atoms with Crippen molar-refractivity contribution in [3.05, 3.63) is 46.1 Å². The predicted molar refractivity (Wildman–Crippen MR) is 99.7 cm³/mol. The van der Waals surface area contributed by atoms with Crippen LogP contribution in [0, 0.1) is 0 Å². The van der Waals surface area contributed by atoms with Crippen LogP contribution in [0.25, 0.3) is 21.9 Å². The van der Waals surface area contributed by atoms with Gasteiger partial charge in [-0.2, -0.15) is 0 Å². The SMILES string of the molecule is CCCOc1cc(S(=O)CC)cc2c(=O)c3cc(C(=O)O)ccc3oc12. The van der Waals surface area contributed by atoms with Crippen molar-refractivity contribution in [1.82, 2.24) is 0 Å². The van der Waals surface area contributed by atoms with Crippen LogP contribution in [-0.4, -0.2) is 27.6 Å². The molecule has 136 valence electrons. The van der Waals surface area contributed by atoms with Gasteiger partial charge in [-0.1, -0.05) is 13.8 Å². The second-order valence-corrected chi connectivity index (χ2v) is 7.47. The fourth-order valence-electron chi connectivity index (χ4n) is 2.65. The molecule has 0 bridgehead atoms. The topological polar surface area (TPSA) is 93.8 Å². The van der Waals surface area contributed by atoms with Gasteiger partial charge in [0.05, 0.1) is 33.7 Å². The van der Waals surface area contributed by atoms with Crippen molar-refractivity contribution in [2.45, 2.75) is 25.2 Å². The minimum Gasteiger partial charge on any atom is -0.490 e. The van der Waals surface area contributed by atoms with Crippen molar-refractivity contribution < 1.29 is 23.3 Å². The number of fused-ring (bicyclic) bond motifs is 2. The molecule has 1 heterocycles. The van der Waals surface area contributed by atoms with E-state index in [9.17, 15) is 13.8 Å². The molecule has 1 unspecified atom stereocenters. The van der Waals surface area contributed by atoms with E-state index in [2.05, 4.69) is 0 Å². The van der Waals surface area contributed by atoms with E-state index >= 15 is 0 Å². The largest absolute Gasteiger partial charge is 0.490 e. The van der Waals surface area contributed by atoms with Gasteiger partial charge in [-0.3, -0.25) is 9.00 Å². The number of carbonyl (C=O) groups is 1. The summed E-state index contributed by atoms with van der Waals surface area (Å²) in [6.07, 6.45) is 0.766. The van der Waals surface area contributed by atoms with Crippen LogP contribution < -0.4 is 10.2 Å². The molecule has 1 atom stereocenters. The highest BCUT2D eigenvalue weighted by molar-refractivity contribution is 7.85. The van der Waals surface area contributed by atoms with Crippen molar-refractivity contribution >= 4 is 38.7 Å². The first-order valence-corrected chi connectivity index (χ1v) is 9.57. The fraction of sp³-hybridized carbons (Fsp3) is 0.263. The first kappa shape index (κ1) is 18.1. The molecule has 3 rings (SSSR count). The first-order chi connectivity index (χ1) is 12.5. The highest BCUT2D eigenvalue weighted by Crippen LogP contribution is 2.30. The Morgan fingerprint density at radius 1 is 1.19 bits per heavy atom. The Labute approximate surface area is 151 Å². The highest BCUT2D eigenvalue weighted by atomic mass is 32.2. The normalized spacial score (nSPS) is 12.4. The Bertz CT molecular complexity index is 1080. The smallest absolute Gasteiger partial charge is 0.335 e. The summed E-state index contributed by atoms with van der Waals surface area (Å²) >= 11 is 0. The van der Waals surface area contributed by atoms with Gasteiger partial charge in [-0.15, -0.1) is 0 Å². The van der Waals surface area contributed by atoms with Crippen molar-refractivity contribution in [2.24, 2.45) is 0 Å². The van der Waals surface area contributed by atoms with Crippen LogP contribution in [0.3, 0.4) is 0 Å². The molecule has 6 nitrogen and oxygen atoms in total. The molecule has 26 heavy (non-hydrogen) atoms. The number of hydrogen-bond acceptors (Lipinski definition) is 5. The van der Waals surface area contributed by atoms with Crippen LogP contribution in [0.4, 0.5) is 0 Å². The standard InChI is InChI=1S/C19H18O6S/c1-3-7-24-16-10-12(26(23)4-2)9-14-17(20)13-8-11(19(21)22)5-6-15(13)25-18(14)16/h5-6,8-10H,3-4,7H2,1-2H3,(H,21,22). The number of aromatic carboxylic acids is 1. The van der Waals surface area contributed by atoms with E-state index in [1.54, 1.807) is 13.0 Å². The van der Waals surface area contributed by atoms with E-state index in [-0.39, 0.29) is 32.9 Å². The summed E-state index contributed by atoms with van der Waals surface area (Å²) in [5.41, 5.74) is 0.176. The Morgan fingerprint density at radius 2 is 1.96 bits per heavy atom. The number of benzene rings is 2. The van der Waals surface area contributed by atoms with Crippen LogP contribution in [0.15, 0.2) is 44.4 Å². The molecule has 0 aliphatic heterocycles. The molecule has 0 spiro atoms. The average Bonchev–Trinajstić information content (AvgIpc) is 2.65. The van der Waals surface area contributed by atoms with Crippen LogP contribution >= 0.6 is 0 Å². The Hall–Kier alpha value is -2.67. The number of hydrogen-bond donors (Lipinski definition) is 1. The van der Waals surface area contributed by atoms with Crippen LogP contribution in [0.1, 0.15) is 30.6 Å². The van der Waals surface area contributed by atoms with Crippen molar-refractivity contribution in [3.63, 3.8) is 0 Å². The highest BCUT2D eigenvalue weighted by Gasteiger charge is 2.17. The third kappa shape index (κ3) is 3.22.